The number of guanidine groups is 1. The molecule has 1 aromatic rings. The van der Waals surface area contributed by atoms with Crippen molar-refractivity contribution in [3.8, 4) is 0 Å². The van der Waals surface area contributed by atoms with Crippen molar-refractivity contribution in [2.24, 2.45) is 10.9 Å². The second-order valence-electron chi connectivity index (χ2n) is 5.97. The Balaban J connectivity index is 0.00000264. The van der Waals surface area contributed by atoms with Crippen LogP contribution in [-0.4, -0.2) is 54.2 Å². The van der Waals surface area contributed by atoms with Crippen LogP contribution in [0.2, 0.25) is 0 Å². The van der Waals surface area contributed by atoms with Gasteiger partial charge in [0.05, 0.1) is 6.54 Å². The first-order valence-corrected chi connectivity index (χ1v) is 8.13. The minimum atomic E-state index is 0. The van der Waals surface area contributed by atoms with Gasteiger partial charge in [0, 0.05) is 13.6 Å². The first kappa shape index (κ1) is 20.1. The van der Waals surface area contributed by atoms with Crippen LogP contribution in [0.5, 0.6) is 0 Å². The molecule has 23 heavy (non-hydrogen) atoms. The zero-order chi connectivity index (χ0) is 15.8. The van der Waals surface area contributed by atoms with Gasteiger partial charge in [-0.3, -0.25) is 4.99 Å². The van der Waals surface area contributed by atoms with Gasteiger partial charge in [-0.05, 0) is 51.7 Å². The van der Waals surface area contributed by atoms with Crippen LogP contribution >= 0.6 is 24.0 Å². The van der Waals surface area contributed by atoms with Crippen LogP contribution < -0.4 is 10.6 Å². The molecule has 0 saturated carbocycles. The number of piperidine rings is 1. The fourth-order valence-electron chi connectivity index (χ4n) is 2.59. The minimum absolute atomic E-state index is 0. The molecule has 2 rings (SSSR count). The molecule has 0 atom stereocenters. The summed E-state index contributed by atoms with van der Waals surface area (Å²) < 4.78 is 5.06. The lowest BCUT2D eigenvalue weighted by atomic mass is 9.99. The van der Waals surface area contributed by atoms with Crippen LogP contribution in [-0.2, 0) is 6.54 Å². The predicted octanol–water partition coefficient (Wildman–Crippen LogP) is 1.78. The summed E-state index contributed by atoms with van der Waals surface area (Å²) in [5.41, 5.74) is 0. The van der Waals surface area contributed by atoms with Gasteiger partial charge in [0.2, 0.25) is 5.89 Å². The summed E-state index contributed by atoms with van der Waals surface area (Å²) in [6.45, 7) is 9.19. The van der Waals surface area contributed by atoms with E-state index in [-0.39, 0.29) is 24.0 Å². The number of nitrogens with zero attached hydrogens (tertiary/aromatic N) is 4. The third-order valence-corrected chi connectivity index (χ3v) is 4.02. The molecule has 0 aromatic carbocycles. The standard InChI is InChI=1S/C15H28N6O.HI/c1-12-5-9-21(10-6-12)8-4-7-17-15(16-3)18-11-14-19-13(2)20-22-14;/h12H,4-11H2,1-3H3,(H2,16,17,18);1H. The lowest BCUT2D eigenvalue weighted by Gasteiger charge is -2.30. The Bertz CT molecular complexity index is 470. The summed E-state index contributed by atoms with van der Waals surface area (Å²) in [5.74, 6) is 2.88. The van der Waals surface area contributed by atoms with Gasteiger partial charge in [0.15, 0.2) is 11.8 Å². The maximum absolute atomic E-state index is 5.06. The van der Waals surface area contributed by atoms with Crippen molar-refractivity contribution in [1.82, 2.24) is 25.7 Å². The molecule has 0 unspecified atom stereocenters. The van der Waals surface area contributed by atoms with E-state index in [1.807, 2.05) is 0 Å². The van der Waals surface area contributed by atoms with E-state index >= 15 is 0 Å². The van der Waals surface area contributed by atoms with Crippen LogP contribution in [0.4, 0.5) is 0 Å². The molecule has 2 N–H and O–H groups in total. The Morgan fingerprint density at radius 2 is 2.09 bits per heavy atom. The third kappa shape index (κ3) is 7.47. The van der Waals surface area contributed by atoms with Crippen molar-refractivity contribution >= 4 is 29.9 Å². The van der Waals surface area contributed by atoms with Crippen LogP contribution in [0, 0.1) is 12.8 Å². The van der Waals surface area contributed by atoms with Crippen LogP contribution in [0.3, 0.4) is 0 Å². The zero-order valence-electron chi connectivity index (χ0n) is 14.3. The molecule has 132 valence electrons. The number of hydrogen-bond acceptors (Lipinski definition) is 5. The summed E-state index contributed by atoms with van der Waals surface area (Å²) in [7, 11) is 1.76. The molecule has 1 aliphatic heterocycles. The number of hydrogen-bond donors (Lipinski definition) is 2. The number of rotatable bonds is 6. The Labute approximate surface area is 155 Å². The molecule has 1 aromatic heterocycles. The number of aromatic nitrogens is 2. The summed E-state index contributed by atoms with van der Waals surface area (Å²) in [4.78, 5) is 10.9. The number of likely N-dealkylation sites (tertiary alicyclic amines) is 1. The number of nitrogens with one attached hydrogen (secondary N) is 2. The second-order valence-corrected chi connectivity index (χ2v) is 5.97. The zero-order valence-corrected chi connectivity index (χ0v) is 16.7. The Kier molecular flexibility index (Phi) is 9.46. The van der Waals surface area contributed by atoms with Crippen molar-refractivity contribution in [3.05, 3.63) is 11.7 Å². The molecule has 8 heteroatoms. The first-order chi connectivity index (χ1) is 10.7. The van der Waals surface area contributed by atoms with Gasteiger partial charge >= 0.3 is 0 Å². The molecule has 0 spiro atoms. The lowest BCUT2D eigenvalue weighted by Crippen LogP contribution is -2.39. The Morgan fingerprint density at radius 3 is 2.70 bits per heavy atom. The van der Waals surface area contributed by atoms with E-state index in [4.69, 9.17) is 4.52 Å². The van der Waals surface area contributed by atoms with Gasteiger partial charge in [-0.2, -0.15) is 4.98 Å². The molecule has 7 nitrogen and oxygen atoms in total. The molecule has 1 fully saturated rings. The van der Waals surface area contributed by atoms with Crippen molar-refractivity contribution in [3.63, 3.8) is 0 Å². The molecule has 1 saturated heterocycles. The van der Waals surface area contributed by atoms with Crippen LogP contribution in [0.25, 0.3) is 0 Å². The second kappa shape index (κ2) is 10.8. The Morgan fingerprint density at radius 1 is 1.35 bits per heavy atom. The van der Waals surface area contributed by atoms with E-state index in [1.165, 1.54) is 25.9 Å². The molecule has 0 aliphatic carbocycles. The molecule has 0 bridgehead atoms. The van der Waals surface area contributed by atoms with Crippen LogP contribution in [0.15, 0.2) is 9.52 Å². The fourth-order valence-corrected chi connectivity index (χ4v) is 2.59. The van der Waals surface area contributed by atoms with E-state index in [1.54, 1.807) is 14.0 Å². The number of aliphatic imine (C=N–C) groups is 1. The average molecular weight is 436 g/mol. The van der Waals surface area contributed by atoms with E-state index < -0.39 is 0 Å². The topological polar surface area (TPSA) is 78.6 Å². The average Bonchev–Trinajstić information content (AvgIpc) is 2.94. The van der Waals surface area contributed by atoms with E-state index in [9.17, 15) is 0 Å². The highest BCUT2D eigenvalue weighted by atomic mass is 127. The van der Waals surface area contributed by atoms with E-state index in [0.29, 0.717) is 18.3 Å². The quantitative estimate of drug-likeness (QED) is 0.307. The maximum Gasteiger partial charge on any atom is 0.246 e. The Hall–Kier alpha value is -0.900. The molecule has 0 amide bonds. The molecule has 1 aliphatic rings. The maximum atomic E-state index is 5.06. The molecular formula is C15H29IN6O. The van der Waals surface area contributed by atoms with Gasteiger partial charge in [0.25, 0.3) is 0 Å². The number of halogens is 1. The summed E-state index contributed by atoms with van der Waals surface area (Å²) in [5, 5.41) is 10.3. The summed E-state index contributed by atoms with van der Waals surface area (Å²) in [6.07, 6.45) is 3.79. The largest absolute Gasteiger partial charge is 0.356 e. The van der Waals surface area contributed by atoms with Gasteiger partial charge in [-0.25, -0.2) is 0 Å². The highest BCUT2D eigenvalue weighted by Gasteiger charge is 2.14. The third-order valence-electron chi connectivity index (χ3n) is 4.02. The van der Waals surface area contributed by atoms with Crippen molar-refractivity contribution < 1.29 is 4.52 Å². The molecule has 2 heterocycles. The first-order valence-electron chi connectivity index (χ1n) is 8.13. The molecule has 0 radical (unpaired) electrons. The fraction of sp³-hybridized carbons (Fsp3) is 0.800. The van der Waals surface area contributed by atoms with E-state index in [0.717, 1.165) is 31.4 Å². The predicted molar refractivity (Wildman–Crippen MR) is 102 cm³/mol. The highest BCUT2D eigenvalue weighted by Crippen LogP contribution is 2.15. The summed E-state index contributed by atoms with van der Waals surface area (Å²) in [6, 6.07) is 0. The smallest absolute Gasteiger partial charge is 0.246 e. The van der Waals surface area contributed by atoms with Gasteiger partial charge < -0.3 is 20.1 Å². The highest BCUT2D eigenvalue weighted by molar-refractivity contribution is 14.0. The van der Waals surface area contributed by atoms with Crippen molar-refractivity contribution in [1.29, 1.82) is 0 Å². The van der Waals surface area contributed by atoms with Gasteiger partial charge in [0.1, 0.15) is 0 Å². The number of aryl methyl sites for hydroxylation is 1. The lowest BCUT2D eigenvalue weighted by molar-refractivity contribution is 0.191. The van der Waals surface area contributed by atoms with Gasteiger partial charge in [-0.1, -0.05) is 12.1 Å². The summed E-state index contributed by atoms with van der Waals surface area (Å²) >= 11 is 0. The minimum Gasteiger partial charge on any atom is -0.356 e. The monoisotopic (exact) mass is 436 g/mol. The van der Waals surface area contributed by atoms with Crippen molar-refractivity contribution in [2.75, 3.05) is 33.2 Å². The van der Waals surface area contributed by atoms with Crippen LogP contribution in [0.1, 0.15) is 37.9 Å². The van der Waals surface area contributed by atoms with E-state index in [2.05, 4.69) is 37.6 Å². The SMILES string of the molecule is CN=C(NCCCN1CCC(C)CC1)NCc1nc(C)no1.I. The normalized spacial score (nSPS) is 16.9. The molecular weight excluding hydrogens is 407 g/mol. The van der Waals surface area contributed by atoms with Crippen molar-refractivity contribution in [2.45, 2.75) is 39.7 Å². The van der Waals surface area contributed by atoms with Gasteiger partial charge in [-0.15, -0.1) is 24.0 Å².